The van der Waals surface area contributed by atoms with E-state index in [2.05, 4.69) is 39.5 Å². The van der Waals surface area contributed by atoms with E-state index in [4.69, 9.17) is 9.26 Å². The first-order valence-corrected chi connectivity index (χ1v) is 12.1. The van der Waals surface area contributed by atoms with Crippen LogP contribution in [0.4, 0.5) is 11.5 Å². The fraction of sp³-hybridized carbons (Fsp3) is 0.407. The van der Waals surface area contributed by atoms with E-state index in [0.29, 0.717) is 34.8 Å². The first kappa shape index (κ1) is 25.4. The Kier molecular flexibility index (Phi) is 7.40. The highest BCUT2D eigenvalue weighted by Gasteiger charge is 2.30. The monoisotopic (exact) mass is 491 g/mol. The lowest BCUT2D eigenvalue weighted by atomic mass is 9.93. The molecule has 0 unspecified atom stereocenters. The maximum absolute atomic E-state index is 12.6. The molecule has 0 atom stereocenters. The first-order chi connectivity index (χ1) is 17.1. The number of nitrogens with zero attached hydrogens (tertiary/aromatic N) is 3. The number of ether oxygens (including phenoxy) is 1. The maximum Gasteiger partial charge on any atom is 0.274 e. The average Bonchev–Trinajstić information content (AvgIpc) is 3.26. The number of aromatic nitrogens is 2. The highest BCUT2D eigenvalue weighted by Crippen LogP contribution is 2.24. The number of carbonyl (C=O) groups is 2. The van der Waals surface area contributed by atoms with E-state index in [1.807, 2.05) is 20.8 Å². The van der Waals surface area contributed by atoms with E-state index in [0.717, 1.165) is 18.7 Å². The van der Waals surface area contributed by atoms with E-state index >= 15 is 0 Å². The Morgan fingerprint density at radius 1 is 1.11 bits per heavy atom. The van der Waals surface area contributed by atoms with Crippen LogP contribution in [0.1, 0.15) is 56.4 Å². The van der Waals surface area contributed by atoms with Crippen molar-refractivity contribution in [2.75, 3.05) is 23.7 Å². The number of likely N-dealkylation sites (tertiary alicyclic amines) is 1. The van der Waals surface area contributed by atoms with Gasteiger partial charge in [0.15, 0.2) is 5.82 Å². The van der Waals surface area contributed by atoms with Crippen molar-refractivity contribution in [3.63, 3.8) is 0 Å². The van der Waals surface area contributed by atoms with Gasteiger partial charge in [-0.25, -0.2) is 4.98 Å². The molecule has 0 radical (unpaired) electrons. The molecule has 190 valence electrons. The second kappa shape index (κ2) is 10.5. The summed E-state index contributed by atoms with van der Waals surface area (Å²) in [5.41, 5.74) is 1.52. The summed E-state index contributed by atoms with van der Waals surface area (Å²) in [6, 6.07) is 12.8. The number of amides is 2. The van der Waals surface area contributed by atoms with E-state index < -0.39 is 0 Å². The van der Waals surface area contributed by atoms with Gasteiger partial charge in [0.05, 0.1) is 12.6 Å². The number of hydrogen-bond acceptors (Lipinski definition) is 7. The Hall–Kier alpha value is -3.72. The van der Waals surface area contributed by atoms with Crippen LogP contribution in [-0.4, -0.2) is 52.1 Å². The fourth-order valence-corrected chi connectivity index (χ4v) is 3.70. The molecule has 3 aromatic rings. The van der Waals surface area contributed by atoms with Crippen LogP contribution in [0.3, 0.4) is 0 Å². The molecule has 1 fully saturated rings. The average molecular weight is 492 g/mol. The lowest BCUT2D eigenvalue weighted by Crippen LogP contribution is -2.56. The van der Waals surface area contributed by atoms with Crippen LogP contribution in [-0.2, 0) is 16.6 Å². The van der Waals surface area contributed by atoms with Crippen molar-refractivity contribution in [3.8, 4) is 5.75 Å². The smallest absolute Gasteiger partial charge is 0.274 e. The topological polar surface area (TPSA) is 110 Å². The van der Waals surface area contributed by atoms with Gasteiger partial charge in [-0.3, -0.25) is 14.5 Å². The number of hydrogen-bond donors (Lipinski definition) is 2. The molecular formula is C27H33N5O4. The SMILES string of the molecule is CC(C)N1CC(Oc2ccc(C(=O)Nc3ccc(CC(=O)Nc4cc(C(C)(C)C)on4)cc3)nc2)C1. The minimum absolute atomic E-state index is 0.159. The van der Waals surface area contributed by atoms with Gasteiger partial charge in [-0.1, -0.05) is 38.1 Å². The first-order valence-electron chi connectivity index (χ1n) is 12.1. The summed E-state index contributed by atoms with van der Waals surface area (Å²) >= 11 is 0. The second-order valence-corrected chi connectivity index (χ2v) is 10.4. The minimum atomic E-state index is -0.317. The number of anilines is 2. The van der Waals surface area contributed by atoms with Crippen molar-refractivity contribution in [1.29, 1.82) is 0 Å². The van der Waals surface area contributed by atoms with Crippen molar-refractivity contribution in [2.45, 2.75) is 58.6 Å². The summed E-state index contributed by atoms with van der Waals surface area (Å²) in [4.78, 5) is 31.5. The van der Waals surface area contributed by atoms with Gasteiger partial charge < -0.3 is 19.9 Å². The lowest BCUT2D eigenvalue weighted by Gasteiger charge is -2.41. The van der Waals surface area contributed by atoms with Crippen LogP contribution >= 0.6 is 0 Å². The van der Waals surface area contributed by atoms with Crippen molar-refractivity contribution >= 4 is 23.3 Å². The molecule has 36 heavy (non-hydrogen) atoms. The summed E-state index contributed by atoms with van der Waals surface area (Å²) in [7, 11) is 0. The van der Waals surface area contributed by atoms with Crippen LogP contribution in [0.2, 0.25) is 0 Å². The van der Waals surface area contributed by atoms with E-state index in [9.17, 15) is 9.59 Å². The number of rotatable bonds is 8. The molecule has 9 nitrogen and oxygen atoms in total. The second-order valence-electron chi connectivity index (χ2n) is 10.4. The van der Waals surface area contributed by atoms with Crippen LogP contribution < -0.4 is 15.4 Å². The number of pyridine rings is 1. The third-order valence-electron chi connectivity index (χ3n) is 5.97. The van der Waals surface area contributed by atoms with E-state index in [1.165, 1.54) is 0 Å². The Bertz CT molecular complexity index is 1190. The molecule has 3 heterocycles. The van der Waals surface area contributed by atoms with E-state index in [-0.39, 0.29) is 29.8 Å². The molecular weight excluding hydrogens is 458 g/mol. The van der Waals surface area contributed by atoms with Crippen molar-refractivity contribution in [1.82, 2.24) is 15.0 Å². The van der Waals surface area contributed by atoms with Crippen LogP contribution in [0.15, 0.2) is 53.2 Å². The zero-order chi connectivity index (χ0) is 25.9. The quantitative estimate of drug-likeness (QED) is 0.484. The molecule has 2 aromatic heterocycles. The van der Waals surface area contributed by atoms with Gasteiger partial charge in [-0.2, -0.15) is 0 Å². The molecule has 1 aliphatic rings. The zero-order valence-electron chi connectivity index (χ0n) is 21.4. The third kappa shape index (κ3) is 6.48. The van der Waals surface area contributed by atoms with Gasteiger partial charge in [-0.05, 0) is 43.7 Å². The van der Waals surface area contributed by atoms with Crippen LogP contribution in [0.25, 0.3) is 0 Å². The van der Waals surface area contributed by atoms with E-state index in [1.54, 1.807) is 48.7 Å². The molecule has 1 aromatic carbocycles. The molecule has 0 aliphatic carbocycles. The largest absolute Gasteiger partial charge is 0.486 e. The molecule has 0 spiro atoms. The summed E-state index contributed by atoms with van der Waals surface area (Å²) in [6.45, 7) is 12.2. The van der Waals surface area contributed by atoms with Gasteiger partial charge in [0, 0.05) is 36.3 Å². The molecule has 1 saturated heterocycles. The molecule has 2 amide bonds. The molecule has 4 rings (SSSR count). The lowest BCUT2D eigenvalue weighted by molar-refractivity contribution is -0.115. The molecule has 0 saturated carbocycles. The Morgan fingerprint density at radius 3 is 2.42 bits per heavy atom. The number of carbonyl (C=O) groups excluding carboxylic acids is 2. The predicted molar refractivity (Wildman–Crippen MR) is 137 cm³/mol. The zero-order valence-corrected chi connectivity index (χ0v) is 21.4. The van der Waals surface area contributed by atoms with Crippen molar-refractivity contribution in [3.05, 3.63) is 65.7 Å². The molecule has 0 bridgehead atoms. The van der Waals surface area contributed by atoms with Crippen molar-refractivity contribution < 1.29 is 18.8 Å². The predicted octanol–water partition coefficient (Wildman–Crippen LogP) is 4.27. The Labute approximate surface area is 211 Å². The summed E-state index contributed by atoms with van der Waals surface area (Å²) < 4.78 is 11.2. The summed E-state index contributed by atoms with van der Waals surface area (Å²) in [5.74, 6) is 1.23. The highest BCUT2D eigenvalue weighted by molar-refractivity contribution is 6.02. The van der Waals surface area contributed by atoms with Crippen LogP contribution in [0.5, 0.6) is 5.75 Å². The van der Waals surface area contributed by atoms with Crippen LogP contribution in [0, 0.1) is 0 Å². The third-order valence-corrected chi connectivity index (χ3v) is 5.97. The fourth-order valence-electron chi connectivity index (χ4n) is 3.70. The van der Waals surface area contributed by atoms with Gasteiger partial charge in [0.25, 0.3) is 5.91 Å². The number of benzene rings is 1. The standard InChI is InChI=1S/C27H33N5O4/c1-17(2)32-15-21(16-32)35-20-10-11-22(28-14-20)26(34)29-19-8-6-18(7-9-19)12-25(33)30-24-13-23(36-31-24)27(3,4)5/h6-11,13-14,17,21H,12,15-16H2,1-5H3,(H,29,34)(H,30,31,33). The molecule has 1 aliphatic heterocycles. The summed E-state index contributed by atoms with van der Waals surface area (Å²) in [5, 5.41) is 9.48. The van der Waals surface area contributed by atoms with Gasteiger partial charge in [0.2, 0.25) is 5.91 Å². The Morgan fingerprint density at radius 2 is 1.83 bits per heavy atom. The van der Waals surface area contributed by atoms with Gasteiger partial charge >= 0.3 is 0 Å². The van der Waals surface area contributed by atoms with Crippen molar-refractivity contribution in [2.24, 2.45) is 0 Å². The molecule has 9 heteroatoms. The molecule has 2 N–H and O–H groups in total. The minimum Gasteiger partial charge on any atom is -0.486 e. The number of nitrogens with one attached hydrogen (secondary N) is 2. The normalized spacial score (nSPS) is 14.4. The van der Waals surface area contributed by atoms with Gasteiger partial charge in [0.1, 0.15) is 23.3 Å². The highest BCUT2D eigenvalue weighted by atomic mass is 16.5. The Balaban J connectivity index is 1.25. The van der Waals surface area contributed by atoms with Gasteiger partial charge in [-0.15, -0.1) is 0 Å². The maximum atomic E-state index is 12.6. The summed E-state index contributed by atoms with van der Waals surface area (Å²) in [6.07, 6.45) is 1.91.